The van der Waals surface area contributed by atoms with Crippen LogP contribution in [0.3, 0.4) is 0 Å². The summed E-state index contributed by atoms with van der Waals surface area (Å²) in [6, 6.07) is 1.10. The standard InChI is InChI=1S/C13H21N3O/c1-10-7-14-16(8-10)12-4-5-13(6-12,9-17)15-11-2-3-11/h7-8,11-12,15,17H,2-6,9H2,1H3. The fraction of sp³-hybridized carbons (Fsp3) is 0.769. The summed E-state index contributed by atoms with van der Waals surface area (Å²) in [4.78, 5) is 0. The van der Waals surface area contributed by atoms with Gasteiger partial charge in [0.25, 0.3) is 0 Å². The minimum atomic E-state index is -0.0499. The quantitative estimate of drug-likeness (QED) is 0.829. The summed E-state index contributed by atoms with van der Waals surface area (Å²) < 4.78 is 2.07. The first-order valence-electron chi connectivity index (χ1n) is 6.60. The maximum absolute atomic E-state index is 9.67. The molecule has 2 fully saturated rings. The minimum Gasteiger partial charge on any atom is -0.394 e. The number of aliphatic hydroxyl groups excluding tert-OH is 1. The molecule has 2 atom stereocenters. The molecule has 1 aromatic rings. The van der Waals surface area contributed by atoms with E-state index in [1.165, 1.54) is 18.4 Å². The van der Waals surface area contributed by atoms with E-state index in [4.69, 9.17) is 0 Å². The Labute approximate surface area is 102 Å². The third-order valence-corrected chi connectivity index (χ3v) is 4.08. The van der Waals surface area contributed by atoms with Gasteiger partial charge in [-0.15, -0.1) is 0 Å². The van der Waals surface area contributed by atoms with E-state index in [0.29, 0.717) is 12.1 Å². The second-order valence-electron chi connectivity index (χ2n) is 5.75. The molecule has 0 bridgehead atoms. The summed E-state index contributed by atoms with van der Waals surface area (Å²) in [6.45, 7) is 2.32. The Bertz CT molecular complexity index is 399. The smallest absolute Gasteiger partial charge is 0.0614 e. The topological polar surface area (TPSA) is 50.1 Å². The van der Waals surface area contributed by atoms with Crippen LogP contribution in [0.2, 0.25) is 0 Å². The highest BCUT2D eigenvalue weighted by atomic mass is 16.3. The average Bonchev–Trinajstić information content (AvgIpc) is 2.86. The van der Waals surface area contributed by atoms with Gasteiger partial charge in [0.05, 0.1) is 18.8 Å². The van der Waals surface area contributed by atoms with E-state index in [0.717, 1.165) is 19.3 Å². The predicted molar refractivity (Wildman–Crippen MR) is 65.8 cm³/mol. The fourth-order valence-corrected chi connectivity index (χ4v) is 2.94. The van der Waals surface area contributed by atoms with E-state index < -0.39 is 0 Å². The summed E-state index contributed by atoms with van der Waals surface area (Å²) in [6.07, 6.45) is 9.73. The van der Waals surface area contributed by atoms with Crippen LogP contribution in [0.15, 0.2) is 12.4 Å². The molecule has 0 spiro atoms. The molecule has 1 aromatic heterocycles. The molecule has 0 aliphatic heterocycles. The van der Waals surface area contributed by atoms with Crippen molar-refractivity contribution in [2.24, 2.45) is 0 Å². The molecule has 2 aliphatic rings. The van der Waals surface area contributed by atoms with Gasteiger partial charge in [-0.2, -0.15) is 5.10 Å². The van der Waals surface area contributed by atoms with Crippen molar-refractivity contribution in [3.05, 3.63) is 18.0 Å². The van der Waals surface area contributed by atoms with E-state index >= 15 is 0 Å². The van der Waals surface area contributed by atoms with Crippen LogP contribution < -0.4 is 5.32 Å². The molecule has 0 radical (unpaired) electrons. The van der Waals surface area contributed by atoms with Gasteiger partial charge in [-0.25, -0.2) is 0 Å². The van der Waals surface area contributed by atoms with E-state index in [-0.39, 0.29) is 12.1 Å². The van der Waals surface area contributed by atoms with Crippen molar-refractivity contribution in [3.63, 3.8) is 0 Å². The monoisotopic (exact) mass is 235 g/mol. The zero-order valence-corrected chi connectivity index (χ0v) is 10.4. The number of aromatic nitrogens is 2. The highest BCUT2D eigenvalue weighted by Crippen LogP contribution is 2.39. The largest absolute Gasteiger partial charge is 0.394 e. The lowest BCUT2D eigenvalue weighted by Gasteiger charge is -2.28. The number of rotatable bonds is 4. The Morgan fingerprint density at radius 1 is 1.53 bits per heavy atom. The second-order valence-corrected chi connectivity index (χ2v) is 5.75. The van der Waals surface area contributed by atoms with Crippen molar-refractivity contribution < 1.29 is 5.11 Å². The van der Waals surface area contributed by atoms with Gasteiger partial charge in [0.15, 0.2) is 0 Å². The first kappa shape index (κ1) is 11.2. The normalized spacial score (nSPS) is 33.2. The SMILES string of the molecule is Cc1cnn(C2CCC(CO)(NC3CC3)C2)c1. The number of aliphatic hydroxyl groups is 1. The zero-order chi connectivity index (χ0) is 11.9. The van der Waals surface area contributed by atoms with Crippen LogP contribution in [0.25, 0.3) is 0 Å². The highest BCUT2D eigenvalue weighted by Gasteiger charge is 2.42. The van der Waals surface area contributed by atoms with Crippen molar-refractivity contribution >= 4 is 0 Å². The molecule has 0 saturated heterocycles. The van der Waals surface area contributed by atoms with Gasteiger partial charge >= 0.3 is 0 Å². The molecule has 4 heteroatoms. The number of hydrogen-bond donors (Lipinski definition) is 2. The van der Waals surface area contributed by atoms with E-state index in [1.54, 1.807) is 0 Å². The van der Waals surface area contributed by atoms with Crippen LogP contribution in [-0.2, 0) is 0 Å². The summed E-state index contributed by atoms with van der Waals surface area (Å²) in [5.41, 5.74) is 1.16. The molecule has 1 heterocycles. The molecule has 94 valence electrons. The van der Waals surface area contributed by atoms with Crippen molar-refractivity contribution in [3.8, 4) is 0 Å². The van der Waals surface area contributed by atoms with E-state index in [9.17, 15) is 5.11 Å². The molecule has 3 rings (SSSR count). The molecule has 4 nitrogen and oxygen atoms in total. The summed E-state index contributed by atoms with van der Waals surface area (Å²) in [5, 5.41) is 17.7. The molecule has 0 aromatic carbocycles. The number of nitrogens with one attached hydrogen (secondary N) is 1. The van der Waals surface area contributed by atoms with Gasteiger partial charge in [0.2, 0.25) is 0 Å². The predicted octanol–water partition coefficient (Wildman–Crippen LogP) is 1.40. The first-order valence-corrected chi connectivity index (χ1v) is 6.60. The van der Waals surface area contributed by atoms with Gasteiger partial charge in [0, 0.05) is 17.8 Å². The molecule has 2 aliphatic carbocycles. The first-order chi connectivity index (χ1) is 8.21. The Kier molecular flexibility index (Phi) is 2.71. The van der Waals surface area contributed by atoms with Gasteiger partial charge in [-0.1, -0.05) is 0 Å². The van der Waals surface area contributed by atoms with E-state index in [1.807, 2.05) is 6.20 Å². The van der Waals surface area contributed by atoms with Crippen molar-refractivity contribution in [1.82, 2.24) is 15.1 Å². The van der Waals surface area contributed by atoms with Crippen LogP contribution in [0.1, 0.15) is 43.7 Å². The average molecular weight is 235 g/mol. The summed E-state index contributed by atoms with van der Waals surface area (Å²) >= 11 is 0. The van der Waals surface area contributed by atoms with Crippen LogP contribution in [-0.4, -0.2) is 33.1 Å². The van der Waals surface area contributed by atoms with Crippen molar-refractivity contribution in [2.75, 3.05) is 6.61 Å². The third kappa shape index (κ3) is 2.24. The zero-order valence-electron chi connectivity index (χ0n) is 10.4. The second kappa shape index (κ2) is 4.10. The Morgan fingerprint density at radius 2 is 2.35 bits per heavy atom. The van der Waals surface area contributed by atoms with Gasteiger partial charge in [0.1, 0.15) is 0 Å². The lowest BCUT2D eigenvalue weighted by molar-refractivity contribution is 0.158. The minimum absolute atomic E-state index is 0.0499. The fourth-order valence-electron chi connectivity index (χ4n) is 2.94. The maximum atomic E-state index is 9.67. The van der Waals surface area contributed by atoms with Crippen LogP contribution in [0, 0.1) is 6.92 Å². The number of aryl methyl sites for hydroxylation is 1. The Morgan fingerprint density at radius 3 is 2.94 bits per heavy atom. The van der Waals surface area contributed by atoms with Crippen molar-refractivity contribution in [2.45, 2.75) is 56.7 Å². The number of hydrogen-bond acceptors (Lipinski definition) is 3. The highest BCUT2D eigenvalue weighted by molar-refractivity contribution is 5.05. The molecule has 17 heavy (non-hydrogen) atoms. The molecule has 2 saturated carbocycles. The van der Waals surface area contributed by atoms with Gasteiger partial charge < -0.3 is 10.4 Å². The van der Waals surface area contributed by atoms with Gasteiger partial charge in [-0.05, 0) is 44.6 Å². The molecule has 2 N–H and O–H groups in total. The number of nitrogens with zero attached hydrogens (tertiary/aromatic N) is 2. The van der Waals surface area contributed by atoms with Gasteiger partial charge in [-0.3, -0.25) is 4.68 Å². The van der Waals surface area contributed by atoms with E-state index in [2.05, 4.69) is 28.2 Å². The van der Waals surface area contributed by atoms with Crippen LogP contribution in [0.4, 0.5) is 0 Å². The summed E-state index contributed by atoms with van der Waals surface area (Å²) in [7, 11) is 0. The third-order valence-electron chi connectivity index (χ3n) is 4.08. The van der Waals surface area contributed by atoms with Crippen LogP contribution in [0.5, 0.6) is 0 Å². The Balaban J connectivity index is 1.70. The molecular formula is C13H21N3O. The Hall–Kier alpha value is -0.870. The molecular weight excluding hydrogens is 214 g/mol. The molecule has 0 amide bonds. The molecule has 2 unspecified atom stereocenters. The lowest BCUT2D eigenvalue weighted by atomic mass is 9.98. The van der Waals surface area contributed by atoms with Crippen LogP contribution >= 0.6 is 0 Å². The summed E-state index contributed by atoms with van der Waals surface area (Å²) in [5.74, 6) is 0. The van der Waals surface area contributed by atoms with Crippen molar-refractivity contribution in [1.29, 1.82) is 0 Å². The lowest BCUT2D eigenvalue weighted by Crippen LogP contribution is -2.47. The maximum Gasteiger partial charge on any atom is 0.0614 e.